The van der Waals surface area contributed by atoms with Crippen molar-refractivity contribution in [2.24, 2.45) is 0 Å². The molecule has 0 atom stereocenters. The quantitative estimate of drug-likeness (QED) is 0.859. The van der Waals surface area contributed by atoms with Crippen LogP contribution in [-0.4, -0.2) is 29.8 Å². The van der Waals surface area contributed by atoms with Crippen LogP contribution in [-0.2, 0) is 16.0 Å². The lowest BCUT2D eigenvalue weighted by atomic mass is 10.00. The number of rotatable bonds is 2. The van der Waals surface area contributed by atoms with Crippen LogP contribution in [0.2, 0.25) is 0 Å². The third-order valence-corrected chi connectivity index (χ3v) is 3.66. The zero-order valence-corrected chi connectivity index (χ0v) is 12.0. The molecule has 0 saturated heterocycles. The Morgan fingerprint density at radius 3 is 2.86 bits per heavy atom. The summed E-state index contributed by atoms with van der Waals surface area (Å²) in [4.78, 5) is 16.4. The maximum atomic E-state index is 11.7. The van der Waals surface area contributed by atoms with Gasteiger partial charge in [0.25, 0.3) is 0 Å². The molecule has 21 heavy (non-hydrogen) atoms. The Morgan fingerprint density at radius 1 is 1.38 bits per heavy atom. The van der Waals surface area contributed by atoms with E-state index in [1.807, 2.05) is 31.2 Å². The van der Waals surface area contributed by atoms with Gasteiger partial charge in [-0.25, -0.2) is 4.79 Å². The highest BCUT2D eigenvalue weighted by Gasteiger charge is 2.23. The Balaban J connectivity index is 2.26. The summed E-state index contributed by atoms with van der Waals surface area (Å²) in [5.41, 5.74) is 3.56. The second-order valence-corrected chi connectivity index (χ2v) is 4.95. The summed E-state index contributed by atoms with van der Waals surface area (Å²) in [6.45, 7) is 2.15. The second kappa shape index (κ2) is 5.18. The molecule has 0 fully saturated rings. The SMILES string of the molecule is CCc1ccc2ccc3c(c2n1)C=C(C(=O)OC)CN3O. The second-order valence-electron chi connectivity index (χ2n) is 4.95. The molecule has 2 heterocycles. The van der Waals surface area contributed by atoms with Crippen LogP contribution in [0.4, 0.5) is 5.69 Å². The molecule has 5 nitrogen and oxygen atoms in total. The molecular weight excluding hydrogens is 268 g/mol. The van der Waals surface area contributed by atoms with Crippen LogP contribution >= 0.6 is 0 Å². The molecule has 0 amide bonds. The van der Waals surface area contributed by atoms with Gasteiger partial charge < -0.3 is 4.74 Å². The first kappa shape index (κ1) is 13.6. The van der Waals surface area contributed by atoms with E-state index in [-0.39, 0.29) is 6.54 Å². The van der Waals surface area contributed by atoms with Crippen molar-refractivity contribution in [3.63, 3.8) is 0 Å². The van der Waals surface area contributed by atoms with Gasteiger partial charge in [0.05, 0.1) is 30.4 Å². The van der Waals surface area contributed by atoms with Crippen molar-refractivity contribution in [2.45, 2.75) is 13.3 Å². The number of hydroxylamine groups is 1. The number of aryl methyl sites for hydroxylation is 1. The van der Waals surface area contributed by atoms with Crippen molar-refractivity contribution in [2.75, 3.05) is 18.7 Å². The minimum absolute atomic E-state index is 0.110. The Hall–Kier alpha value is -2.40. The highest BCUT2D eigenvalue weighted by molar-refractivity contribution is 6.02. The van der Waals surface area contributed by atoms with E-state index in [4.69, 9.17) is 4.74 Å². The minimum Gasteiger partial charge on any atom is -0.466 e. The minimum atomic E-state index is -0.441. The van der Waals surface area contributed by atoms with E-state index in [0.29, 0.717) is 11.3 Å². The third-order valence-electron chi connectivity index (χ3n) is 3.66. The van der Waals surface area contributed by atoms with E-state index < -0.39 is 5.97 Å². The number of benzene rings is 1. The van der Waals surface area contributed by atoms with E-state index in [1.54, 1.807) is 6.08 Å². The number of carbonyl (C=O) groups is 1. The summed E-state index contributed by atoms with van der Waals surface area (Å²) in [5, 5.41) is 12.1. The van der Waals surface area contributed by atoms with E-state index in [0.717, 1.165) is 33.6 Å². The maximum Gasteiger partial charge on any atom is 0.335 e. The Morgan fingerprint density at radius 2 is 2.14 bits per heavy atom. The largest absolute Gasteiger partial charge is 0.466 e. The fourth-order valence-electron chi connectivity index (χ4n) is 2.53. The molecule has 0 unspecified atom stereocenters. The third kappa shape index (κ3) is 2.25. The zero-order valence-electron chi connectivity index (χ0n) is 12.0. The van der Waals surface area contributed by atoms with Gasteiger partial charge in [0.1, 0.15) is 0 Å². The van der Waals surface area contributed by atoms with Crippen LogP contribution in [0.25, 0.3) is 17.0 Å². The zero-order chi connectivity index (χ0) is 15.0. The Labute approximate surface area is 122 Å². The number of esters is 1. The first-order chi connectivity index (χ1) is 10.1. The van der Waals surface area contributed by atoms with Crippen LogP contribution < -0.4 is 5.06 Å². The number of hydrogen-bond acceptors (Lipinski definition) is 5. The molecule has 108 valence electrons. The molecule has 5 heteroatoms. The molecule has 1 N–H and O–H groups in total. The number of pyridine rings is 1. The predicted octanol–water partition coefficient (Wildman–Crippen LogP) is 2.56. The molecule has 1 aliphatic heterocycles. The number of carbonyl (C=O) groups excluding carboxylic acids is 1. The van der Waals surface area contributed by atoms with Crippen LogP contribution in [0, 0.1) is 0 Å². The molecule has 1 aromatic heterocycles. The van der Waals surface area contributed by atoms with Crippen molar-refractivity contribution in [3.8, 4) is 0 Å². The lowest BCUT2D eigenvalue weighted by Crippen LogP contribution is -2.28. The van der Waals surface area contributed by atoms with Crippen molar-refractivity contribution >= 4 is 28.6 Å². The number of hydrogen-bond donors (Lipinski definition) is 1. The molecule has 2 aromatic rings. The highest BCUT2D eigenvalue weighted by atomic mass is 16.5. The molecule has 0 spiro atoms. The average molecular weight is 284 g/mol. The number of anilines is 1. The first-order valence-corrected chi connectivity index (χ1v) is 6.82. The Bertz CT molecular complexity index is 753. The van der Waals surface area contributed by atoms with E-state index >= 15 is 0 Å². The maximum absolute atomic E-state index is 11.7. The van der Waals surface area contributed by atoms with Crippen molar-refractivity contribution in [3.05, 3.63) is 41.1 Å². The number of methoxy groups -OCH3 is 1. The topological polar surface area (TPSA) is 62.7 Å². The summed E-state index contributed by atoms with van der Waals surface area (Å²) in [7, 11) is 1.33. The fourth-order valence-corrected chi connectivity index (χ4v) is 2.53. The molecule has 0 bridgehead atoms. The summed E-state index contributed by atoms with van der Waals surface area (Å²) in [6, 6.07) is 7.74. The van der Waals surface area contributed by atoms with E-state index in [1.165, 1.54) is 7.11 Å². The predicted molar refractivity (Wildman–Crippen MR) is 80.2 cm³/mol. The smallest absolute Gasteiger partial charge is 0.335 e. The standard InChI is InChI=1S/C16H16N2O3/c1-3-12-6-4-10-5-7-14-13(15(10)17-12)8-11(9-18(14)20)16(19)21-2/h4-8,20H,3,9H2,1-2H3. The van der Waals surface area contributed by atoms with Gasteiger partial charge in [-0.05, 0) is 24.6 Å². The van der Waals surface area contributed by atoms with Crippen molar-refractivity contribution in [1.29, 1.82) is 0 Å². The van der Waals surface area contributed by atoms with Gasteiger partial charge in [-0.1, -0.05) is 19.1 Å². The van der Waals surface area contributed by atoms with Gasteiger partial charge in [0.2, 0.25) is 0 Å². The van der Waals surface area contributed by atoms with Gasteiger partial charge in [-0.3, -0.25) is 15.3 Å². The van der Waals surface area contributed by atoms with Crippen molar-refractivity contribution < 1.29 is 14.7 Å². The molecule has 0 saturated carbocycles. The molecule has 1 aliphatic rings. The number of fused-ring (bicyclic) bond motifs is 3. The lowest BCUT2D eigenvalue weighted by Gasteiger charge is -2.25. The molecule has 3 rings (SSSR count). The first-order valence-electron chi connectivity index (χ1n) is 6.82. The normalized spacial score (nSPS) is 13.9. The van der Waals surface area contributed by atoms with Crippen LogP contribution in [0.15, 0.2) is 29.8 Å². The molecule has 0 aliphatic carbocycles. The van der Waals surface area contributed by atoms with Gasteiger partial charge in [0, 0.05) is 16.6 Å². The monoisotopic (exact) mass is 284 g/mol. The van der Waals surface area contributed by atoms with Crippen molar-refractivity contribution in [1.82, 2.24) is 4.98 Å². The Kier molecular flexibility index (Phi) is 3.35. The summed E-state index contributed by atoms with van der Waals surface area (Å²) < 4.78 is 4.74. The van der Waals surface area contributed by atoms with Gasteiger partial charge in [-0.15, -0.1) is 0 Å². The average Bonchev–Trinajstić information content (AvgIpc) is 2.53. The molecule has 0 radical (unpaired) electrons. The highest BCUT2D eigenvalue weighted by Crippen LogP contribution is 2.33. The molecule has 1 aromatic carbocycles. The lowest BCUT2D eigenvalue weighted by molar-refractivity contribution is -0.136. The van der Waals surface area contributed by atoms with Gasteiger partial charge in [-0.2, -0.15) is 0 Å². The van der Waals surface area contributed by atoms with Crippen LogP contribution in [0.3, 0.4) is 0 Å². The summed E-state index contributed by atoms with van der Waals surface area (Å²) >= 11 is 0. The fraction of sp³-hybridized carbons (Fsp3) is 0.250. The molecular formula is C16H16N2O3. The van der Waals surface area contributed by atoms with E-state index in [2.05, 4.69) is 4.98 Å². The number of ether oxygens (including phenoxy) is 1. The van der Waals surface area contributed by atoms with Crippen LogP contribution in [0.5, 0.6) is 0 Å². The van der Waals surface area contributed by atoms with Gasteiger partial charge in [0.15, 0.2) is 0 Å². The van der Waals surface area contributed by atoms with Gasteiger partial charge >= 0.3 is 5.97 Å². The van der Waals surface area contributed by atoms with E-state index in [9.17, 15) is 10.0 Å². The van der Waals surface area contributed by atoms with Crippen LogP contribution in [0.1, 0.15) is 18.2 Å². The number of aromatic nitrogens is 1. The number of nitrogens with zero attached hydrogens (tertiary/aromatic N) is 2. The summed E-state index contributed by atoms with van der Waals surface area (Å²) in [5.74, 6) is -0.441. The summed E-state index contributed by atoms with van der Waals surface area (Å²) in [6.07, 6.45) is 2.58.